The van der Waals surface area contributed by atoms with E-state index in [0.29, 0.717) is 0 Å². The second-order valence-corrected chi connectivity index (χ2v) is 3.49. The second-order valence-electron chi connectivity index (χ2n) is 1.63. The monoisotopic (exact) mass is 176 g/mol. The van der Waals surface area contributed by atoms with E-state index in [0.717, 1.165) is 5.82 Å². The van der Waals surface area contributed by atoms with Gasteiger partial charge in [0.1, 0.15) is 0 Å². The van der Waals surface area contributed by atoms with Crippen molar-refractivity contribution in [3.8, 4) is 0 Å². The maximum atomic E-state index is 11.3. The Hall–Kier alpha value is -0.400. The van der Waals surface area contributed by atoms with Gasteiger partial charge in [-0.2, -0.15) is 0 Å². The fourth-order valence-corrected chi connectivity index (χ4v) is 1.63. The van der Waals surface area contributed by atoms with E-state index >= 15 is 0 Å². The molecule has 0 atom stereocenters. The minimum absolute atomic E-state index is 0.273. The molecule has 0 aliphatic carbocycles. The van der Waals surface area contributed by atoms with Gasteiger partial charge in [0.05, 0.1) is 13.2 Å². The van der Waals surface area contributed by atoms with E-state index in [9.17, 15) is 4.57 Å². The molecule has 0 saturated heterocycles. The average molecular weight is 176 g/mol. The molecule has 0 aromatic heterocycles. The molecule has 4 nitrogen and oxygen atoms in total. The molecular formula is C6H11NO3P-. The molecule has 0 N–H and O–H groups in total. The molecule has 0 heterocycles. The highest BCUT2D eigenvalue weighted by Crippen LogP contribution is 2.48. The van der Waals surface area contributed by atoms with Crippen LogP contribution >= 0.6 is 7.60 Å². The van der Waals surface area contributed by atoms with Gasteiger partial charge in [-0.25, -0.2) is 0 Å². The maximum absolute atomic E-state index is 11.3. The summed E-state index contributed by atoms with van der Waals surface area (Å²) < 4.78 is 20.8. The fourth-order valence-electron chi connectivity index (χ4n) is 0.542. The van der Waals surface area contributed by atoms with Crippen molar-refractivity contribution in [2.45, 2.75) is 13.8 Å². The van der Waals surface area contributed by atoms with E-state index in [1.165, 1.54) is 0 Å². The quantitative estimate of drug-likeness (QED) is 0.475. The van der Waals surface area contributed by atoms with Crippen molar-refractivity contribution in [2.24, 2.45) is 0 Å². The van der Waals surface area contributed by atoms with Gasteiger partial charge < -0.3 is 14.5 Å². The highest BCUT2D eigenvalue weighted by molar-refractivity contribution is 7.57. The van der Waals surface area contributed by atoms with Gasteiger partial charge in [0, 0.05) is 5.82 Å². The molecule has 0 radical (unpaired) electrons. The molecule has 0 spiro atoms. The third-order valence-electron chi connectivity index (χ3n) is 0.834. The van der Waals surface area contributed by atoms with Crippen molar-refractivity contribution >= 4 is 13.5 Å². The summed E-state index contributed by atoms with van der Waals surface area (Å²) in [6.07, 6.45) is 0. The molecule has 5 heteroatoms. The van der Waals surface area contributed by atoms with Crippen LogP contribution in [0.1, 0.15) is 13.8 Å². The van der Waals surface area contributed by atoms with Crippen molar-refractivity contribution in [3.05, 3.63) is 11.2 Å². The molecule has 0 rings (SSSR count). The standard InChI is InChI=1S/C6H11NO3P/c1-3-9-11(8,6-5-7)10-4-2/h6H,3-4H2,1-2H3/q-1. The van der Waals surface area contributed by atoms with Crippen LogP contribution in [0.2, 0.25) is 0 Å². The van der Waals surface area contributed by atoms with Gasteiger partial charge in [0.15, 0.2) is 0 Å². The Kier molecular flexibility index (Phi) is 5.08. The Labute approximate surface area is 66.2 Å². The Morgan fingerprint density at radius 1 is 1.45 bits per heavy atom. The van der Waals surface area contributed by atoms with Gasteiger partial charge in [-0.05, 0) is 13.8 Å². The Morgan fingerprint density at radius 2 is 1.91 bits per heavy atom. The second kappa shape index (κ2) is 5.28. The predicted molar refractivity (Wildman–Crippen MR) is 43.8 cm³/mol. The van der Waals surface area contributed by atoms with E-state index in [4.69, 9.17) is 14.5 Å². The highest BCUT2D eigenvalue weighted by Gasteiger charge is 2.17. The van der Waals surface area contributed by atoms with Crippen LogP contribution in [0.15, 0.2) is 5.82 Å². The maximum Gasteiger partial charge on any atom is 0.359 e. The normalized spacial score (nSPS) is 10.7. The SMILES string of the molecule is CCOP(=O)(C=C=[N-])OCC. The molecule has 0 amide bonds. The molecule has 64 valence electrons. The van der Waals surface area contributed by atoms with Gasteiger partial charge in [-0.1, -0.05) is 0 Å². The van der Waals surface area contributed by atoms with Crippen molar-refractivity contribution in [1.82, 2.24) is 0 Å². The average Bonchev–Trinajstić information content (AvgIpc) is 1.88. The van der Waals surface area contributed by atoms with Crippen LogP contribution < -0.4 is 0 Å². The van der Waals surface area contributed by atoms with Crippen LogP contribution in [0.3, 0.4) is 0 Å². The third-order valence-corrected chi connectivity index (χ3v) is 2.50. The molecular weight excluding hydrogens is 165 g/mol. The number of nitrogens with zero attached hydrogens (tertiary/aromatic N) is 1. The summed E-state index contributed by atoms with van der Waals surface area (Å²) >= 11 is 0. The van der Waals surface area contributed by atoms with Gasteiger partial charge in [0.25, 0.3) is 0 Å². The summed E-state index contributed by atoms with van der Waals surface area (Å²) in [5.74, 6) is 2.54. The van der Waals surface area contributed by atoms with Gasteiger partial charge in [-0.3, -0.25) is 10.4 Å². The number of rotatable bonds is 5. The van der Waals surface area contributed by atoms with E-state index in [1.54, 1.807) is 19.7 Å². The zero-order chi connectivity index (χ0) is 8.74. The summed E-state index contributed by atoms with van der Waals surface area (Å²) in [7, 11) is -3.21. The van der Waals surface area contributed by atoms with Crippen LogP contribution in [-0.2, 0) is 13.6 Å². The van der Waals surface area contributed by atoms with E-state index in [-0.39, 0.29) is 13.2 Å². The van der Waals surface area contributed by atoms with E-state index in [2.05, 4.69) is 0 Å². The zero-order valence-electron chi connectivity index (χ0n) is 6.61. The molecule has 11 heavy (non-hydrogen) atoms. The first-order valence-electron chi connectivity index (χ1n) is 3.31. The summed E-state index contributed by atoms with van der Waals surface area (Å²) in [5, 5.41) is 8.22. The first-order valence-corrected chi connectivity index (χ1v) is 4.92. The van der Waals surface area contributed by atoms with Crippen molar-refractivity contribution < 1.29 is 13.6 Å². The fraction of sp³-hybridized carbons (Fsp3) is 0.667. The Bertz CT molecular complexity index is 188. The lowest BCUT2D eigenvalue weighted by Crippen LogP contribution is -1.92. The van der Waals surface area contributed by atoms with Crippen molar-refractivity contribution in [3.63, 3.8) is 0 Å². The molecule has 0 saturated carbocycles. The smallest absolute Gasteiger partial charge is 0.359 e. The molecule has 0 unspecified atom stereocenters. The van der Waals surface area contributed by atoms with Crippen LogP contribution in [0.5, 0.6) is 0 Å². The predicted octanol–water partition coefficient (Wildman–Crippen LogP) is 2.01. The Balaban J connectivity index is 4.25. The zero-order valence-corrected chi connectivity index (χ0v) is 7.51. The lowest BCUT2D eigenvalue weighted by Gasteiger charge is -2.11. The molecule has 0 aliphatic rings. The Morgan fingerprint density at radius 3 is 2.18 bits per heavy atom. The summed E-state index contributed by atoms with van der Waals surface area (Å²) in [4.78, 5) is 0. The van der Waals surface area contributed by atoms with Crippen molar-refractivity contribution in [1.29, 1.82) is 0 Å². The first kappa shape index (κ1) is 10.6. The van der Waals surface area contributed by atoms with Gasteiger partial charge in [0.2, 0.25) is 0 Å². The number of hydrogen-bond donors (Lipinski definition) is 0. The van der Waals surface area contributed by atoms with Crippen LogP contribution in [0.25, 0.3) is 5.41 Å². The minimum Gasteiger partial charge on any atom is -0.763 e. The highest BCUT2D eigenvalue weighted by atomic mass is 31.2. The summed E-state index contributed by atoms with van der Waals surface area (Å²) in [6.45, 7) is 3.93. The molecule has 0 aromatic rings. The summed E-state index contributed by atoms with van der Waals surface area (Å²) in [6, 6.07) is 0. The number of hydrogen-bond acceptors (Lipinski definition) is 3. The molecule has 0 fully saturated rings. The van der Waals surface area contributed by atoms with Gasteiger partial charge in [-0.15, -0.1) is 0 Å². The molecule has 0 bridgehead atoms. The topological polar surface area (TPSA) is 57.8 Å². The lowest BCUT2D eigenvalue weighted by molar-refractivity contribution is 0.229. The summed E-state index contributed by atoms with van der Waals surface area (Å²) in [5.41, 5.74) is 0. The van der Waals surface area contributed by atoms with Crippen LogP contribution in [0, 0.1) is 0 Å². The molecule has 0 aromatic carbocycles. The van der Waals surface area contributed by atoms with Gasteiger partial charge >= 0.3 is 7.60 Å². The van der Waals surface area contributed by atoms with E-state index < -0.39 is 7.60 Å². The first-order chi connectivity index (χ1) is 5.18. The van der Waals surface area contributed by atoms with Crippen molar-refractivity contribution in [2.75, 3.05) is 13.2 Å². The lowest BCUT2D eigenvalue weighted by atomic mass is 10.9. The van der Waals surface area contributed by atoms with Crippen LogP contribution in [0.4, 0.5) is 0 Å². The van der Waals surface area contributed by atoms with Crippen LogP contribution in [-0.4, -0.2) is 19.1 Å². The third kappa shape index (κ3) is 4.12. The minimum atomic E-state index is -3.21. The van der Waals surface area contributed by atoms with E-state index in [1.807, 2.05) is 0 Å². The molecule has 0 aliphatic heterocycles. The largest absolute Gasteiger partial charge is 0.763 e.